The fourth-order valence-corrected chi connectivity index (χ4v) is 2.52. The molecule has 0 aliphatic heterocycles. The number of ether oxygens (including phenoxy) is 2. The number of esters is 1. The van der Waals surface area contributed by atoms with Gasteiger partial charge in [0.25, 0.3) is 0 Å². The van der Waals surface area contributed by atoms with Crippen LogP contribution < -0.4 is 15.4 Å². The molecule has 0 bridgehead atoms. The highest BCUT2D eigenvalue weighted by Crippen LogP contribution is 2.20. The minimum absolute atomic E-state index is 0.360. The average molecular weight is 349 g/mol. The van der Waals surface area contributed by atoms with E-state index in [1.807, 2.05) is 6.07 Å². The average Bonchev–Trinajstić information content (AvgIpc) is 2.64. The van der Waals surface area contributed by atoms with Crippen LogP contribution in [-0.2, 0) is 11.3 Å². The number of nitrogens with zero attached hydrogens (tertiary/aromatic N) is 1. The lowest BCUT2D eigenvalue weighted by molar-refractivity contribution is 0.0597. The molecule has 0 aliphatic carbocycles. The van der Waals surface area contributed by atoms with E-state index in [1.54, 1.807) is 19.2 Å². The number of rotatable bonds is 9. The van der Waals surface area contributed by atoms with Gasteiger partial charge in [0.2, 0.25) is 0 Å². The van der Waals surface area contributed by atoms with E-state index in [4.69, 9.17) is 9.47 Å². The Morgan fingerprint density at radius 2 is 2.04 bits per heavy atom. The molecule has 1 unspecified atom stereocenters. The highest BCUT2D eigenvalue weighted by atomic mass is 16.5. The lowest BCUT2D eigenvalue weighted by atomic mass is 10.1. The molecule has 1 atom stereocenters. The number of methoxy groups -OCH3 is 2. The summed E-state index contributed by atoms with van der Waals surface area (Å²) in [4.78, 5) is 16.1. The zero-order valence-corrected chi connectivity index (χ0v) is 16.0. The molecule has 0 fully saturated rings. The zero-order valence-electron chi connectivity index (χ0n) is 16.0. The fraction of sp³-hybridized carbons (Fsp3) is 0.579. The van der Waals surface area contributed by atoms with E-state index in [2.05, 4.69) is 29.5 Å². The number of hydrogen-bond acceptors (Lipinski definition) is 4. The van der Waals surface area contributed by atoms with Gasteiger partial charge in [-0.05, 0) is 31.0 Å². The minimum Gasteiger partial charge on any atom is -0.496 e. The van der Waals surface area contributed by atoms with E-state index in [1.165, 1.54) is 33.5 Å². The van der Waals surface area contributed by atoms with Crippen LogP contribution in [0.25, 0.3) is 0 Å². The van der Waals surface area contributed by atoms with Gasteiger partial charge in [0.05, 0.1) is 14.2 Å². The smallest absolute Gasteiger partial charge is 0.341 e. The third-order valence-corrected chi connectivity index (χ3v) is 3.98. The molecule has 1 aromatic carbocycles. The molecule has 0 heterocycles. The Balaban J connectivity index is 2.64. The topological polar surface area (TPSA) is 72.0 Å². The molecule has 2 N–H and O–H groups in total. The Kier molecular flexibility index (Phi) is 9.43. The summed E-state index contributed by atoms with van der Waals surface area (Å²) in [7, 11) is 4.64. The maximum Gasteiger partial charge on any atom is 0.341 e. The van der Waals surface area contributed by atoms with Crippen LogP contribution >= 0.6 is 0 Å². The lowest BCUT2D eigenvalue weighted by Gasteiger charge is -2.18. The predicted octanol–water partition coefficient (Wildman–Crippen LogP) is 3.12. The van der Waals surface area contributed by atoms with Crippen LogP contribution in [0.2, 0.25) is 0 Å². The Bertz CT molecular complexity index is 573. The van der Waals surface area contributed by atoms with E-state index < -0.39 is 5.97 Å². The molecule has 6 nitrogen and oxygen atoms in total. The van der Waals surface area contributed by atoms with E-state index in [9.17, 15) is 4.79 Å². The molecule has 1 rings (SSSR count). The third-order valence-electron chi connectivity index (χ3n) is 3.98. The van der Waals surface area contributed by atoms with E-state index in [-0.39, 0.29) is 0 Å². The number of carbonyl (C=O) groups excluding carboxylic acids is 1. The first-order chi connectivity index (χ1) is 12.0. The summed E-state index contributed by atoms with van der Waals surface area (Å²) in [6.45, 7) is 4.91. The van der Waals surface area contributed by atoms with Gasteiger partial charge in [0.1, 0.15) is 11.3 Å². The van der Waals surface area contributed by atoms with Gasteiger partial charge in [-0.25, -0.2) is 4.79 Å². The normalized spacial score (nSPS) is 12.4. The van der Waals surface area contributed by atoms with E-state index in [0.717, 1.165) is 17.9 Å². The van der Waals surface area contributed by atoms with Gasteiger partial charge in [-0.1, -0.05) is 32.3 Å². The second-order valence-electron chi connectivity index (χ2n) is 5.99. The number of nitrogens with one attached hydrogen (secondary N) is 2. The maximum atomic E-state index is 11.9. The van der Waals surface area contributed by atoms with Crippen molar-refractivity contribution in [1.82, 2.24) is 10.6 Å². The Morgan fingerprint density at radius 1 is 1.28 bits per heavy atom. The van der Waals surface area contributed by atoms with Crippen molar-refractivity contribution in [3.05, 3.63) is 29.3 Å². The monoisotopic (exact) mass is 349 g/mol. The Morgan fingerprint density at radius 3 is 2.64 bits per heavy atom. The SMILES string of the molecule is CCCCCC(C)NC(=NC)NCc1ccc(OC)c(C(=O)OC)c1. The molecule has 6 heteroatoms. The first-order valence-corrected chi connectivity index (χ1v) is 8.78. The summed E-state index contributed by atoms with van der Waals surface area (Å²) in [6, 6.07) is 5.82. The second kappa shape index (κ2) is 11.3. The van der Waals surface area contributed by atoms with Gasteiger partial charge in [-0.2, -0.15) is 0 Å². The number of benzene rings is 1. The third kappa shape index (κ3) is 7.03. The number of hydrogen-bond donors (Lipinski definition) is 2. The summed E-state index contributed by atoms with van der Waals surface area (Å²) in [5.74, 6) is 0.841. The Labute approximate surface area is 151 Å². The molecular formula is C19H31N3O3. The van der Waals surface area contributed by atoms with Crippen molar-refractivity contribution >= 4 is 11.9 Å². The highest BCUT2D eigenvalue weighted by Gasteiger charge is 2.13. The molecule has 0 saturated heterocycles. The van der Waals surface area contributed by atoms with E-state index >= 15 is 0 Å². The van der Waals surface area contributed by atoms with E-state index in [0.29, 0.717) is 23.9 Å². The summed E-state index contributed by atoms with van der Waals surface area (Å²) < 4.78 is 10.0. The van der Waals surface area contributed by atoms with Crippen molar-refractivity contribution in [2.75, 3.05) is 21.3 Å². The van der Waals surface area contributed by atoms with Gasteiger partial charge >= 0.3 is 5.97 Å². The van der Waals surface area contributed by atoms with Crippen LogP contribution in [0.1, 0.15) is 55.5 Å². The van der Waals surface area contributed by atoms with Crippen molar-refractivity contribution in [3.8, 4) is 5.75 Å². The fourth-order valence-electron chi connectivity index (χ4n) is 2.52. The van der Waals surface area contributed by atoms with Crippen LogP contribution in [0, 0.1) is 0 Å². The van der Waals surface area contributed by atoms with Crippen molar-refractivity contribution in [2.45, 2.75) is 52.1 Å². The van der Waals surface area contributed by atoms with Crippen molar-refractivity contribution < 1.29 is 14.3 Å². The highest BCUT2D eigenvalue weighted by molar-refractivity contribution is 5.92. The quantitative estimate of drug-likeness (QED) is 0.310. The molecule has 0 amide bonds. The molecule has 0 radical (unpaired) electrons. The van der Waals surface area contributed by atoms with Crippen LogP contribution in [0.3, 0.4) is 0 Å². The first-order valence-electron chi connectivity index (χ1n) is 8.78. The van der Waals surface area contributed by atoms with Gasteiger partial charge in [-0.3, -0.25) is 4.99 Å². The molecule has 0 spiro atoms. The van der Waals surface area contributed by atoms with Gasteiger partial charge in [-0.15, -0.1) is 0 Å². The number of unbranched alkanes of at least 4 members (excludes halogenated alkanes) is 2. The molecule has 0 aliphatic rings. The number of aliphatic imine (C=N–C) groups is 1. The van der Waals surface area contributed by atoms with Crippen LogP contribution in [0.5, 0.6) is 5.75 Å². The zero-order chi connectivity index (χ0) is 18.7. The molecule has 25 heavy (non-hydrogen) atoms. The molecular weight excluding hydrogens is 318 g/mol. The minimum atomic E-state index is -0.411. The van der Waals surface area contributed by atoms with Gasteiger partial charge in [0.15, 0.2) is 5.96 Å². The predicted molar refractivity (Wildman–Crippen MR) is 101 cm³/mol. The van der Waals surface area contributed by atoms with Crippen LogP contribution in [-0.4, -0.2) is 39.2 Å². The van der Waals surface area contributed by atoms with Crippen LogP contribution in [0.15, 0.2) is 23.2 Å². The summed E-state index contributed by atoms with van der Waals surface area (Å²) in [5, 5.41) is 6.66. The summed E-state index contributed by atoms with van der Waals surface area (Å²) in [5.41, 5.74) is 1.36. The maximum absolute atomic E-state index is 11.9. The van der Waals surface area contributed by atoms with Gasteiger partial charge < -0.3 is 20.1 Å². The number of carbonyl (C=O) groups is 1. The molecule has 1 aromatic rings. The summed E-state index contributed by atoms with van der Waals surface area (Å²) >= 11 is 0. The first kappa shape index (κ1) is 20.8. The Hall–Kier alpha value is -2.24. The number of guanidine groups is 1. The standard InChI is InChI=1S/C19H31N3O3/c1-6-7-8-9-14(2)22-19(20-3)21-13-15-10-11-17(24-4)16(12-15)18(23)25-5/h10-12,14H,6-9,13H2,1-5H3,(H2,20,21,22). The lowest BCUT2D eigenvalue weighted by Crippen LogP contribution is -2.41. The van der Waals surface area contributed by atoms with Crippen molar-refractivity contribution in [2.24, 2.45) is 4.99 Å². The summed E-state index contributed by atoms with van der Waals surface area (Å²) in [6.07, 6.45) is 4.80. The second-order valence-corrected chi connectivity index (χ2v) is 5.99. The van der Waals surface area contributed by atoms with Crippen molar-refractivity contribution in [1.29, 1.82) is 0 Å². The molecule has 0 saturated carbocycles. The van der Waals surface area contributed by atoms with Crippen LogP contribution in [0.4, 0.5) is 0 Å². The molecule has 0 aromatic heterocycles. The largest absolute Gasteiger partial charge is 0.496 e. The molecule has 140 valence electrons. The van der Waals surface area contributed by atoms with Crippen molar-refractivity contribution in [3.63, 3.8) is 0 Å². The van der Waals surface area contributed by atoms with Gasteiger partial charge in [0, 0.05) is 19.6 Å².